The van der Waals surface area contributed by atoms with E-state index >= 15 is 0 Å². The highest BCUT2D eigenvalue weighted by Gasteiger charge is 2.23. The number of carbonyl (C=O) groups excluding carboxylic acids is 1. The maximum Gasteiger partial charge on any atom is 0.291 e. The molecule has 0 bridgehead atoms. The molecule has 20 heavy (non-hydrogen) atoms. The van der Waals surface area contributed by atoms with Gasteiger partial charge in [-0.15, -0.1) is 0 Å². The fourth-order valence-electron chi connectivity index (χ4n) is 2.40. The van der Waals surface area contributed by atoms with Gasteiger partial charge < -0.3 is 9.64 Å². The van der Waals surface area contributed by atoms with Crippen LogP contribution in [0.25, 0.3) is 0 Å². The van der Waals surface area contributed by atoms with Gasteiger partial charge in [-0.2, -0.15) is 5.10 Å². The van der Waals surface area contributed by atoms with E-state index in [1.165, 1.54) is 17.5 Å². The van der Waals surface area contributed by atoms with E-state index in [1.54, 1.807) is 11.9 Å². The molecule has 1 aromatic heterocycles. The van der Waals surface area contributed by atoms with Crippen LogP contribution in [0.1, 0.15) is 21.7 Å². The minimum Gasteiger partial charge on any atom is -0.371 e. The van der Waals surface area contributed by atoms with Crippen molar-refractivity contribution in [1.29, 1.82) is 0 Å². The van der Waals surface area contributed by atoms with Crippen molar-refractivity contribution in [3.63, 3.8) is 0 Å². The molecule has 1 atom stereocenters. The lowest BCUT2D eigenvalue weighted by molar-refractivity contribution is 0.00959. The maximum absolute atomic E-state index is 12.1. The number of nitrogens with zero attached hydrogens (tertiary/aromatic N) is 3. The molecule has 2 aromatic rings. The number of ether oxygens (including phenoxy) is 1. The lowest BCUT2D eigenvalue weighted by atomic mass is 9.99. The Bertz CT molecular complexity index is 597. The summed E-state index contributed by atoms with van der Waals surface area (Å²) in [5, 5.41) is 6.26. The largest absolute Gasteiger partial charge is 0.371 e. The van der Waals surface area contributed by atoms with Crippen LogP contribution in [0.3, 0.4) is 0 Å². The molecular weight excluding hydrogens is 256 g/mol. The molecule has 6 heteroatoms. The summed E-state index contributed by atoms with van der Waals surface area (Å²) >= 11 is 0. The Balaban J connectivity index is 1.63. The monoisotopic (exact) mass is 272 g/mol. The second-order valence-electron chi connectivity index (χ2n) is 4.93. The van der Waals surface area contributed by atoms with Crippen LogP contribution in [-0.4, -0.2) is 45.7 Å². The normalized spacial score (nSPS) is 17.6. The third-order valence-corrected chi connectivity index (χ3v) is 3.48. The van der Waals surface area contributed by atoms with E-state index in [0.29, 0.717) is 13.2 Å². The standard InChI is InChI=1S/C14H16N4O2/c1-18(14(19)13-15-9-16-17-13)7-12-6-10-4-2-3-5-11(10)8-20-12/h2-5,9,12H,6-8H2,1H3,(H,15,16,17). The number of aromatic amines is 1. The van der Waals surface area contributed by atoms with E-state index < -0.39 is 0 Å². The van der Waals surface area contributed by atoms with Crippen LogP contribution in [0, 0.1) is 0 Å². The number of amides is 1. The van der Waals surface area contributed by atoms with Crippen molar-refractivity contribution in [2.45, 2.75) is 19.1 Å². The number of carbonyl (C=O) groups is 1. The fourth-order valence-corrected chi connectivity index (χ4v) is 2.40. The maximum atomic E-state index is 12.1. The first kappa shape index (κ1) is 12.8. The van der Waals surface area contributed by atoms with Crippen molar-refractivity contribution in [3.8, 4) is 0 Å². The SMILES string of the molecule is CN(CC1Cc2ccccc2CO1)C(=O)c1ncn[nH]1. The molecule has 3 rings (SSSR count). The summed E-state index contributed by atoms with van der Waals surface area (Å²) in [5.74, 6) is 0.0775. The number of nitrogens with one attached hydrogen (secondary N) is 1. The smallest absolute Gasteiger partial charge is 0.291 e. The Hall–Kier alpha value is -2.21. The molecule has 1 N–H and O–H groups in total. The molecule has 6 nitrogen and oxygen atoms in total. The minimum absolute atomic E-state index is 0.0155. The molecule has 0 spiro atoms. The van der Waals surface area contributed by atoms with E-state index in [-0.39, 0.29) is 17.8 Å². The van der Waals surface area contributed by atoms with Crippen LogP contribution >= 0.6 is 0 Å². The molecule has 2 heterocycles. The van der Waals surface area contributed by atoms with Gasteiger partial charge in [0, 0.05) is 20.0 Å². The van der Waals surface area contributed by atoms with Gasteiger partial charge >= 0.3 is 0 Å². The molecule has 1 aliphatic heterocycles. The summed E-state index contributed by atoms with van der Waals surface area (Å²) in [6.07, 6.45) is 2.17. The van der Waals surface area contributed by atoms with Crippen molar-refractivity contribution in [3.05, 3.63) is 47.5 Å². The molecule has 104 valence electrons. The Morgan fingerprint density at radius 1 is 1.45 bits per heavy atom. The van der Waals surface area contributed by atoms with Crippen LogP contribution in [-0.2, 0) is 17.8 Å². The fraction of sp³-hybridized carbons (Fsp3) is 0.357. The summed E-state index contributed by atoms with van der Waals surface area (Å²) in [4.78, 5) is 17.5. The van der Waals surface area contributed by atoms with Gasteiger partial charge in [-0.05, 0) is 11.1 Å². The summed E-state index contributed by atoms with van der Waals surface area (Å²) in [6, 6.07) is 8.24. The molecule has 0 saturated carbocycles. The van der Waals surface area contributed by atoms with Crippen molar-refractivity contribution in [2.75, 3.05) is 13.6 Å². The molecular formula is C14H16N4O2. The second-order valence-corrected chi connectivity index (χ2v) is 4.93. The van der Waals surface area contributed by atoms with Crippen molar-refractivity contribution in [2.24, 2.45) is 0 Å². The number of rotatable bonds is 3. The van der Waals surface area contributed by atoms with Gasteiger partial charge in [0.1, 0.15) is 6.33 Å². The summed E-state index contributed by atoms with van der Waals surface area (Å²) in [6.45, 7) is 1.14. The topological polar surface area (TPSA) is 71.1 Å². The van der Waals surface area contributed by atoms with Crippen LogP contribution < -0.4 is 0 Å². The number of H-pyrrole nitrogens is 1. The van der Waals surface area contributed by atoms with Crippen LogP contribution in [0.2, 0.25) is 0 Å². The van der Waals surface area contributed by atoms with Gasteiger partial charge in [0.2, 0.25) is 5.82 Å². The van der Waals surface area contributed by atoms with Gasteiger partial charge in [0.25, 0.3) is 5.91 Å². The third-order valence-electron chi connectivity index (χ3n) is 3.48. The zero-order valence-electron chi connectivity index (χ0n) is 11.2. The van der Waals surface area contributed by atoms with Gasteiger partial charge in [-0.1, -0.05) is 24.3 Å². The van der Waals surface area contributed by atoms with Crippen molar-refractivity contribution >= 4 is 5.91 Å². The predicted molar refractivity (Wildman–Crippen MR) is 72.1 cm³/mol. The minimum atomic E-state index is -0.176. The third kappa shape index (κ3) is 2.55. The first-order valence-electron chi connectivity index (χ1n) is 6.53. The van der Waals surface area contributed by atoms with E-state index in [4.69, 9.17) is 4.74 Å². The Morgan fingerprint density at radius 2 is 2.25 bits per heavy atom. The highest BCUT2D eigenvalue weighted by molar-refractivity contribution is 5.90. The number of hydrogen-bond acceptors (Lipinski definition) is 4. The lowest BCUT2D eigenvalue weighted by Gasteiger charge is -2.28. The van der Waals surface area contributed by atoms with Gasteiger partial charge in [0.15, 0.2) is 0 Å². The molecule has 0 radical (unpaired) electrons. The van der Waals surface area contributed by atoms with E-state index in [9.17, 15) is 4.79 Å². The number of benzene rings is 1. The van der Waals surface area contributed by atoms with Crippen molar-refractivity contribution in [1.82, 2.24) is 20.1 Å². The highest BCUT2D eigenvalue weighted by atomic mass is 16.5. The Morgan fingerprint density at radius 3 is 3.00 bits per heavy atom. The first-order valence-corrected chi connectivity index (χ1v) is 6.53. The van der Waals surface area contributed by atoms with E-state index in [0.717, 1.165) is 6.42 Å². The molecule has 1 aliphatic rings. The predicted octanol–water partition coefficient (Wildman–Crippen LogP) is 1.02. The number of hydrogen-bond donors (Lipinski definition) is 1. The molecule has 1 amide bonds. The molecule has 0 aliphatic carbocycles. The lowest BCUT2D eigenvalue weighted by Crippen LogP contribution is -2.38. The molecule has 1 unspecified atom stereocenters. The first-order chi connectivity index (χ1) is 9.74. The molecule has 0 fully saturated rings. The van der Waals surface area contributed by atoms with E-state index in [2.05, 4.69) is 27.3 Å². The van der Waals surface area contributed by atoms with Crippen LogP contribution in [0.5, 0.6) is 0 Å². The average Bonchev–Trinajstić information content (AvgIpc) is 3.00. The zero-order valence-corrected chi connectivity index (χ0v) is 11.2. The van der Waals surface area contributed by atoms with Crippen molar-refractivity contribution < 1.29 is 9.53 Å². The number of fused-ring (bicyclic) bond motifs is 1. The summed E-state index contributed by atoms with van der Waals surface area (Å²) in [7, 11) is 1.74. The average molecular weight is 272 g/mol. The quantitative estimate of drug-likeness (QED) is 0.905. The number of likely N-dealkylation sites (N-methyl/N-ethyl adjacent to an activating group) is 1. The van der Waals surface area contributed by atoms with Gasteiger partial charge in [0.05, 0.1) is 12.7 Å². The highest BCUT2D eigenvalue weighted by Crippen LogP contribution is 2.20. The summed E-state index contributed by atoms with van der Waals surface area (Å²) in [5.41, 5.74) is 2.53. The summed E-state index contributed by atoms with van der Waals surface area (Å²) < 4.78 is 5.80. The Kier molecular flexibility index (Phi) is 3.47. The van der Waals surface area contributed by atoms with Gasteiger partial charge in [-0.3, -0.25) is 9.89 Å². The number of aromatic nitrogens is 3. The molecule has 0 saturated heterocycles. The van der Waals surface area contributed by atoms with Crippen LogP contribution in [0.4, 0.5) is 0 Å². The second kappa shape index (κ2) is 5.42. The Labute approximate surface area is 116 Å². The van der Waals surface area contributed by atoms with Crippen LogP contribution in [0.15, 0.2) is 30.6 Å². The zero-order chi connectivity index (χ0) is 13.9. The van der Waals surface area contributed by atoms with E-state index in [1.807, 2.05) is 12.1 Å². The molecule has 1 aromatic carbocycles. The van der Waals surface area contributed by atoms with Gasteiger partial charge in [-0.25, -0.2) is 4.98 Å².